The summed E-state index contributed by atoms with van der Waals surface area (Å²) >= 11 is 0. The molecule has 9 aromatic carbocycles. The number of fused-ring (bicyclic) bond motifs is 7. The molecule has 0 aliphatic rings. The summed E-state index contributed by atoms with van der Waals surface area (Å²) < 4.78 is 137. The van der Waals surface area contributed by atoms with Crippen LogP contribution in [0, 0.1) is 0 Å². The normalized spacial score (nSPS) is 16.0. The molecule has 0 saturated carbocycles. The number of furan rings is 1. The van der Waals surface area contributed by atoms with Crippen molar-refractivity contribution in [3.05, 3.63) is 182 Å². The van der Waals surface area contributed by atoms with E-state index in [0.717, 1.165) is 32.7 Å². The molecule has 10 rings (SSSR count). The maximum absolute atomic E-state index is 9.75. The summed E-state index contributed by atoms with van der Waals surface area (Å²) in [6.07, 6.45) is 0. The van der Waals surface area contributed by atoms with E-state index < -0.39 is 72.5 Å². The van der Waals surface area contributed by atoms with Crippen molar-refractivity contribution in [1.82, 2.24) is 0 Å². The van der Waals surface area contributed by atoms with Crippen LogP contribution >= 0.6 is 0 Å². The Bertz CT molecular complexity index is 3630. The Morgan fingerprint density at radius 1 is 0.367 bits per heavy atom. The molecule has 49 heavy (non-hydrogen) atoms. The SMILES string of the molecule is [2H]c1c([2H])c([2H])c(-c2ccccc2-c2c3ccccc3c(-c3ccc4oc5c6c([2H])c([2H])c([2H])c([2H])c6c(-c6c([2H])c([2H])c([2H])c([2H])c6[2H])c([2H])c5c4c3)c3ccccc23)c([2H])c1[2H]. The first-order valence-corrected chi connectivity index (χ1v) is 15.6. The summed E-state index contributed by atoms with van der Waals surface area (Å²) in [7, 11) is 0. The van der Waals surface area contributed by atoms with Crippen LogP contribution < -0.4 is 0 Å². The van der Waals surface area contributed by atoms with Crippen molar-refractivity contribution < 1.29 is 25.0 Å². The van der Waals surface area contributed by atoms with Gasteiger partial charge in [0.1, 0.15) is 11.2 Å². The fourth-order valence-corrected chi connectivity index (χ4v) is 7.01. The minimum atomic E-state index is -0.665. The van der Waals surface area contributed by atoms with Crippen molar-refractivity contribution in [2.24, 2.45) is 0 Å². The van der Waals surface area contributed by atoms with Crippen molar-refractivity contribution >= 4 is 54.3 Å². The molecular formula is C48H30O. The number of hydrogen-bond acceptors (Lipinski definition) is 1. The molecule has 0 atom stereocenters. The van der Waals surface area contributed by atoms with Crippen molar-refractivity contribution in [2.45, 2.75) is 0 Å². The van der Waals surface area contributed by atoms with Gasteiger partial charge in [0.2, 0.25) is 0 Å². The Labute approximate surface area is 305 Å². The molecule has 0 aliphatic carbocycles. The summed E-state index contributed by atoms with van der Waals surface area (Å²) in [5, 5.41) is 3.36. The van der Waals surface area contributed by atoms with Gasteiger partial charge in [-0.25, -0.2) is 0 Å². The average molecular weight is 638 g/mol. The second-order valence-corrected chi connectivity index (χ2v) is 11.7. The summed E-state index contributed by atoms with van der Waals surface area (Å²) in [6.45, 7) is 0. The minimum Gasteiger partial charge on any atom is -0.455 e. The lowest BCUT2D eigenvalue weighted by Gasteiger charge is -2.19. The molecule has 1 aromatic heterocycles. The molecule has 0 unspecified atom stereocenters. The highest BCUT2D eigenvalue weighted by Crippen LogP contribution is 2.47. The summed E-state index contributed by atoms with van der Waals surface area (Å²) in [4.78, 5) is 0. The van der Waals surface area contributed by atoms with Crippen LogP contribution in [0.4, 0.5) is 0 Å². The van der Waals surface area contributed by atoms with Gasteiger partial charge in [-0.2, -0.15) is 0 Å². The molecule has 0 N–H and O–H groups in total. The third-order valence-electron chi connectivity index (χ3n) is 9.04. The molecule has 0 spiro atoms. The molecule has 0 bridgehead atoms. The first kappa shape index (κ1) is 16.6. The largest absolute Gasteiger partial charge is 0.455 e. The Morgan fingerprint density at radius 3 is 1.55 bits per heavy atom. The van der Waals surface area contributed by atoms with Gasteiger partial charge in [0.25, 0.3) is 0 Å². The first-order chi connectivity index (χ1) is 30.6. The van der Waals surface area contributed by atoms with E-state index in [0.29, 0.717) is 22.1 Å². The highest BCUT2D eigenvalue weighted by atomic mass is 16.3. The summed E-state index contributed by atoms with van der Waals surface area (Å²) in [5.74, 6) is 0. The van der Waals surface area contributed by atoms with Gasteiger partial charge in [-0.15, -0.1) is 0 Å². The number of rotatable bonds is 4. The van der Waals surface area contributed by atoms with Gasteiger partial charge in [-0.1, -0.05) is 163 Å². The van der Waals surface area contributed by atoms with Crippen molar-refractivity contribution in [3.63, 3.8) is 0 Å². The van der Waals surface area contributed by atoms with Gasteiger partial charge >= 0.3 is 0 Å². The van der Waals surface area contributed by atoms with Crippen LogP contribution in [0.5, 0.6) is 0 Å². The van der Waals surface area contributed by atoms with Crippen LogP contribution in [0.2, 0.25) is 0 Å². The molecule has 228 valence electrons. The van der Waals surface area contributed by atoms with Crippen LogP contribution in [-0.2, 0) is 0 Å². The maximum atomic E-state index is 9.75. The zero-order chi connectivity index (χ0) is 45.4. The zero-order valence-corrected chi connectivity index (χ0v) is 25.6. The van der Waals surface area contributed by atoms with E-state index in [1.54, 1.807) is 18.2 Å². The first-order valence-electron chi connectivity index (χ1n) is 23.1. The third-order valence-corrected chi connectivity index (χ3v) is 9.04. The van der Waals surface area contributed by atoms with Crippen LogP contribution in [0.1, 0.15) is 20.6 Å². The Morgan fingerprint density at radius 2 is 0.898 bits per heavy atom. The van der Waals surface area contributed by atoms with E-state index in [1.807, 2.05) is 72.8 Å². The maximum Gasteiger partial charge on any atom is 0.143 e. The van der Waals surface area contributed by atoms with Gasteiger partial charge in [-0.05, 0) is 89.6 Å². The quantitative estimate of drug-likeness (QED) is 0.175. The second kappa shape index (κ2) is 11.1. The number of hydrogen-bond donors (Lipinski definition) is 0. The smallest absolute Gasteiger partial charge is 0.143 e. The molecular weight excluding hydrogens is 593 g/mol. The molecule has 10 aromatic rings. The molecule has 0 fully saturated rings. The van der Waals surface area contributed by atoms with E-state index in [9.17, 15) is 1.37 Å². The zero-order valence-electron chi connectivity index (χ0n) is 40.6. The van der Waals surface area contributed by atoms with Gasteiger partial charge in [0.05, 0.1) is 20.6 Å². The van der Waals surface area contributed by atoms with Crippen molar-refractivity contribution in [3.8, 4) is 44.5 Å². The van der Waals surface area contributed by atoms with E-state index in [-0.39, 0.29) is 62.1 Å². The van der Waals surface area contributed by atoms with Crippen LogP contribution in [0.25, 0.3) is 98.8 Å². The fraction of sp³-hybridized carbons (Fsp3) is 0. The molecule has 0 aliphatic heterocycles. The Hall–Kier alpha value is -6.44. The van der Waals surface area contributed by atoms with E-state index in [2.05, 4.69) is 0 Å². The summed E-state index contributed by atoms with van der Waals surface area (Å²) in [6, 6.07) is 20.1. The second-order valence-electron chi connectivity index (χ2n) is 11.7. The van der Waals surface area contributed by atoms with E-state index >= 15 is 0 Å². The van der Waals surface area contributed by atoms with Gasteiger partial charge < -0.3 is 4.42 Å². The standard InChI is InChI=1S/C48H30O/c1-3-15-31(16-4-1)34-19-7-9-21-36(34)47-39-24-12-10-22-37(39)46(38-23-11-13-25-40(38)47)33-27-28-45-43(29-33)44-30-42(32-17-5-2-6-18-32)35-20-8-14-26-41(35)48(44)49-45/h1-30H/i1D,2D,3D,4D,5D,6D,8D,14D,15D,16D,17D,18D,20D,26D,30D. The Kier molecular flexibility index (Phi) is 3.75. The molecule has 1 heterocycles. The lowest BCUT2D eigenvalue weighted by Crippen LogP contribution is -1.92. The monoisotopic (exact) mass is 637 g/mol. The van der Waals surface area contributed by atoms with Crippen LogP contribution in [0.15, 0.2) is 186 Å². The molecule has 0 radical (unpaired) electrons. The predicted molar refractivity (Wildman–Crippen MR) is 208 cm³/mol. The highest BCUT2D eigenvalue weighted by Gasteiger charge is 2.20. The average Bonchev–Trinajstić information content (AvgIpc) is 3.69. The topological polar surface area (TPSA) is 13.1 Å². The van der Waals surface area contributed by atoms with Gasteiger partial charge in [0, 0.05) is 16.2 Å². The minimum absolute atomic E-state index is 0.0235. The predicted octanol–water partition coefficient (Wildman–Crippen LogP) is 13.7. The van der Waals surface area contributed by atoms with Gasteiger partial charge in [0.15, 0.2) is 0 Å². The highest BCUT2D eigenvalue weighted by molar-refractivity contribution is 6.24. The van der Waals surface area contributed by atoms with Gasteiger partial charge in [-0.3, -0.25) is 0 Å². The number of benzene rings is 9. The van der Waals surface area contributed by atoms with Crippen molar-refractivity contribution in [2.75, 3.05) is 0 Å². The molecule has 0 amide bonds. The van der Waals surface area contributed by atoms with E-state index in [1.165, 1.54) is 0 Å². The lowest BCUT2D eigenvalue weighted by atomic mass is 9.83. The lowest BCUT2D eigenvalue weighted by molar-refractivity contribution is 0.673. The van der Waals surface area contributed by atoms with E-state index in [4.69, 9.17) is 23.6 Å². The molecule has 1 heteroatoms. The fourth-order valence-electron chi connectivity index (χ4n) is 7.01. The summed E-state index contributed by atoms with van der Waals surface area (Å²) in [5.41, 5.74) is 3.02. The Balaban J connectivity index is 1.32. The van der Waals surface area contributed by atoms with Crippen molar-refractivity contribution in [1.29, 1.82) is 0 Å². The van der Waals surface area contributed by atoms with Crippen LogP contribution in [-0.4, -0.2) is 0 Å². The third kappa shape index (κ3) is 4.33. The molecule has 0 saturated heterocycles. The molecule has 1 nitrogen and oxygen atoms in total. The van der Waals surface area contributed by atoms with Crippen LogP contribution in [0.3, 0.4) is 0 Å².